The maximum atomic E-state index is 17.4. The summed E-state index contributed by atoms with van der Waals surface area (Å²) in [7, 11) is 1.51. The van der Waals surface area contributed by atoms with Gasteiger partial charge in [0.15, 0.2) is 5.75 Å². The molecule has 0 aliphatic carbocycles. The highest BCUT2D eigenvalue weighted by Crippen LogP contribution is 2.53. The van der Waals surface area contributed by atoms with E-state index < -0.39 is 107 Å². The molecule has 21 nitrogen and oxygen atoms in total. The molecule has 4 aromatic heterocycles. The molecule has 107 heavy (non-hydrogen) atoms. The van der Waals surface area contributed by atoms with Crippen molar-refractivity contribution in [3.63, 3.8) is 0 Å². The van der Waals surface area contributed by atoms with Crippen molar-refractivity contribution in [2.24, 2.45) is 5.92 Å². The Morgan fingerprint density at radius 3 is 1.97 bits per heavy atom. The fourth-order valence-corrected chi connectivity index (χ4v) is 15.1. The second-order valence-electron chi connectivity index (χ2n) is 29.0. The summed E-state index contributed by atoms with van der Waals surface area (Å²) >= 11 is 0. The Morgan fingerprint density at radius 2 is 1.38 bits per heavy atom. The van der Waals surface area contributed by atoms with Gasteiger partial charge in [-0.25, -0.2) is 13.9 Å². The van der Waals surface area contributed by atoms with Crippen LogP contribution >= 0.6 is 0 Å². The van der Waals surface area contributed by atoms with E-state index in [2.05, 4.69) is 20.6 Å². The topological polar surface area (TPSA) is 238 Å². The summed E-state index contributed by atoms with van der Waals surface area (Å²) < 4.78 is 96.2. The second kappa shape index (κ2) is 29.7. The van der Waals surface area contributed by atoms with E-state index in [1.807, 2.05) is 134 Å². The monoisotopic (exact) mass is 1450 g/mol. The first-order chi connectivity index (χ1) is 51.4. The van der Waals surface area contributed by atoms with Gasteiger partial charge in [0.1, 0.15) is 59.3 Å². The van der Waals surface area contributed by atoms with Crippen molar-refractivity contribution in [2.75, 3.05) is 44.9 Å². The highest BCUT2D eigenvalue weighted by molar-refractivity contribution is 6.06. The van der Waals surface area contributed by atoms with Crippen molar-refractivity contribution in [1.29, 1.82) is 0 Å². The fraction of sp³-hybridized carbons (Fsp3) is 0.329. The number of anilines is 1. The highest BCUT2D eigenvalue weighted by Gasteiger charge is 2.50. The molecule has 552 valence electrons. The summed E-state index contributed by atoms with van der Waals surface area (Å²) in [5, 5.41) is 38.7. The predicted molar refractivity (Wildman–Crippen MR) is 394 cm³/mol. The Hall–Kier alpha value is -11.2. The second-order valence-corrected chi connectivity index (χ2v) is 29.0. The number of β-amino-alcohol motifs (C(OH)–C–C–N with tert-alkyl or cyclic N) is 1. The third kappa shape index (κ3) is 14.3. The zero-order chi connectivity index (χ0) is 75.2. The van der Waals surface area contributed by atoms with Gasteiger partial charge in [0.05, 0.1) is 54.2 Å². The smallest absolute Gasteiger partial charge is 0.417 e. The van der Waals surface area contributed by atoms with E-state index >= 15 is 17.6 Å². The first kappa shape index (κ1) is 72.8. The summed E-state index contributed by atoms with van der Waals surface area (Å²) in [5.74, 6) is -2.54. The molecule has 0 unspecified atom stereocenters. The van der Waals surface area contributed by atoms with Crippen LogP contribution in [0.1, 0.15) is 105 Å². The van der Waals surface area contributed by atoms with Gasteiger partial charge in [-0.15, -0.1) is 5.10 Å². The third-order valence-corrected chi connectivity index (χ3v) is 20.4. The van der Waals surface area contributed by atoms with Crippen molar-refractivity contribution >= 4 is 45.5 Å². The first-order valence-corrected chi connectivity index (χ1v) is 35.7. The van der Waals surface area contributed by atoms with Crippen LogP contribution in [0.2, 0.25) is 0 Å². The number of methoxy groups -OCH3 is 1. The zero-order valence-electron chi connectivity index (χ0n) is 60.4. The van der Waals surface area contributed by atoms with E-state index in [0.717, 1.165) is 33.9 Å². The number of fused-ring (bicyclic) bond motifs is 4. The number of aliphatic hydroxyl groups is 2. The lowest BCUT2D eigenvalue weighted by atomic mass is 9.77. The molecular weight excluding hydrogens is 1370 g/mol. The van der Waals surface area contributed by atoms with Crippen LogP contribution in [0.3, 0.4) is 0 Å². The Bertz CT molecular complexity index is 4950. The Morgan fingerprint density at radius 1 is 0.720 bits per heavy atom. The summed E-state index contributed by atoms with van der Waals surface area (Å²) in [6.45, 7) is 11.5. The standard InChI is InChI=1S/C82H82F4N12O9/c1-48(2)73(77(102)96-42-61(100)36-69(96)76(101)88-68(45-99)54-32-30-52(31-33-54)55-19-18-34-87-39-55)97-44-67(91-93-97)53-28-26-51(27-29-53)47-105-74-71(70-50(4)65(83)38-66-63(70)43-98(92-66)81(56-20-12-9-13-21-56,57-22-14-10-15-23-57)58-24-16-11-17-25-58)64(82(84,85)86)37-62-72(74)89-78(106-46-49(3)104-8)90-75(62)94-40-60-35-59(94)41-95(60)79(103)107-80(5,6)7/h9-34,37-39,43-44,48-49,59-61,68-69,73,99-100H,35-36,40-42,45-47H2,1-8H3,(H,88,101)/t49-,59-,60-,61+,68-,69-,73-/m0/s1. The molecule has 7 atom stereocenters. The van der Waals surface area contributed by atoms with E-state index in [1.54, 1.807) is 98.5 Å². The molecule has 3 fully saturated rings. The van der Waals surface area contributed by atoms with E-state index in [1.165, 1.54) is 29.7 Å². The van der Waals surface area contributed by atoms with E-state index in [-0.39, 0.29) is 89.8 Å². The predicted octanol–water partition coefficient (Wildman–Crippen LogP) is 13.5. The number of carbonyl (C=O) groups is 3. The van der Waals surface area contributed by atoms with Crippen LogP contribution in [0.15, 0.2) is 189 Å². The van der Waals surface area contributed by atoms with Crippen molar-refractivity contribution in [1.82, 2.24) is 54.8 Å². The Labute approximate surface area is 615 Å². The normalized spacial score (nSPS) is 17.6. The third-order valence-electron chi connectivity index (χ3n) is 20.4. The number of hydrogen-bond acceptors (Lipinski definition) is 16. The SMILES string of the molecule is CO[C@@H](C)COc1nc(N2C[C@@H]3C[C@H]2CN3C(=O)OC(C)(C)C)c2cc(C(F)(F)F)c(-c3c(C)c(F)cc4nn(C(c5ccccc5)(c5ccccc5)c5ccccc5)cc34)c(OCc3ccc(-c4cn([C@H](C(=O)N5C[C@H](O)C[C@H]5C(=O)N[C@@H](CO)c5ccc(-c6cccnc6)cc5)C(C)C)nn4)cc3)c2n1. The maximum Gasteiger partial charge on any atom is 0.417 e. The number of aromatic nitrogens is 8. The van der Waals surface area contributed by atoms with E-state index in [9.17, 15) is 24.6 Å². The van der Waals surface area contributed by atoms with Gasteiger partial charge in [0.25, 0.3) is 0 Å². The number of halogens is 4. The van der Waals surface area contributed by atoms with Gasteiger partial charge in [0.2, 0.25) is 11.8 Å². The molecule has 2 bridgehead atoms. The number of piperazine rings is 1. The molecule has 3 amide bonds. The van der Waals surface area contributed by atoms with E-state index in [4.69, 9.17) is 34.0 Å². The van der Waals surface area contributed by atoms with Crippen molar-refractivity contribution < 1.29 is 61.1 Å². The summed E-state index contributed by atoms with van der Waals surface area (Å²) in [6.07, 6.45) is -0.0630. The maximum absolute atomic E-state index is 17.4. The van der Waals surface area contributed by atoms with Crippen LogP contribution < -0.4 is 19.7 Å². The summed E-state index contributed by atoms with van der Waals surface area (Å²) in [6, 6.07) is 45.0. The molecule has 11 aromatic rings. The number of alkyl halides is 3. The van der Waals surface area contributed by atoms with Gasteiger partial charge >= 0.3 is 18.3 Å². The number of nitrogens with one attached hydrogen (secondary N) is 1. The molecule has 7 heterocycles. The zero-order valence-corrected chi connectivity index (χ0v) is 60.4. The molecular formula is C82H82F4N12O9. The lowest BCUT2D eigenvalue weighted by molar-refractivity contribution is -0.142. The number of likely N-dealkylation sites (tertiary alicyclic amines) is 2. The minimum atomic E-state index is -5.16. The lowest BCUT2D eigenvalue weighted by Crippen LogP contribution is -2.50. The van der Waals surface area contributed by atoms with Gasteiger partial charge in [-0.1, -0.05) is 165 Å². The van der Waals surface area contributed by atoms with Crippen LogP contribution in [-0.4, -0.2) is 154 Å². The summed E-state index contributed by atoms with van der Waals surface area (Å²) in [4.78, 5) is 61.6. The summed E-state index contributed by atoms with van der Waals surface area (Å²) in [5.41, 5.74) is 1.96. The highest BCUT2D eigenvalue weighted by atomic mass is 19.4. The molecule has 3 aliphatic rings. The molecule has 0 saturated carbocycles. The van der Waals surface area contributed by atoms with E-state index in [0.29, 0.717) is 28.8 Å². The Kier molecular flexibility index (Phi) is 20.2. The first-order valence-electron chi connectivity index (χ1n) is 35.7. The van der Waals surface area contributed by atoms with Gasteiger partial charge in [0, 0.05) is 85.3 Å². The van der Waals surface area contributed by atoms with Gasteiger partial charge in [-0.2, -0.15) is 28.2 Å². The molecule has 3 saturated heterocycles. The fourth-order valence-electron chi connectivity index (χ4n) is 15.1. The number of benzene rings is 7. The number of pyridine rings is 1. The molecule has 3 aliphatic heterocycles. The number of ether oxygens (including phenoxy) is 4. The minimum absolute atomic E-state index is 0.0416. The number of aliphatic hydroxyl groups excluding tert-OH is 2. The van der Waals surface area contributed by atoms with Crippen LogP contribution in [-0.2, 0) is 37.4 Å². The van der Waals surface area contributed by atoms with Crippen LogP contribution in [0.25, 0.3) is 55.3 Å². The van der Waals surface area contributed by atoms with Gasteiger partial charge in [-0.05, 0) is 104 Å². The average molecular weight is 1460 g/mol. The van der Waals surface area contributed by atoms with Gasteiger partial charge < -0.3 is 49.2 Å². The quantitative estimate of drug-likeness (QED) is 0.0422. The van der Waals surface area contributed by atoms with Crippen LogP contribution in [0.4, 0.5) is 28.2 Å². The van der Waals surface area contributed by atoms with Gasteiger partial charge in [-0.3, -0.25) is 19.3 Å². The molecule has 14 rings (SSSR count). The van der Waals surface area contributed by atoms with Crippen molar-refractivity contribution in [2.45, 2.75) is 128 Å². The number of amides is 3. The number of carbonyl (C=O) groups excluding carboxylic acids is 3. The molecule has 25 heteroatoms. The van der Waals surface area contributed by atoms with Crippen molar-refractivity contribution in [3.05, 3.63) is 233 Å². The number of hydrogen-bond donors (Lipinski definition) is 3. The largest absolute Gasteiger partial charge is 0.486 e. The number of nitrogens with zero attached hydrogens (tertiary/aromatic N) is 11. The number of rotatable bonds is 22. The van der Waals surface area contributed by atoms with Crippen LogP contribution in [0.5, 0.6) is 11.8 Å². The molecule has 7 aromatic carbocycles. The average Bonchev–Trinajstić information content (AvgIpc) is 1.59. The molecule has 0 spiro atoms. The van der Waals surface area contributed by atoms with Crippen LogP contribution in [0, 0.1) is 18.7 Å². The minimum Gasteiger partial charge on any atom is -0.486 e. The molecule has 3 N–H and O–H groups in total. The molecule has 0 radical (unpaired) electrons. The lowest BCUT2D eigenvalue weighted by Gasteiger charge is -2.36. The Balaban J connectivity index is 0.847. The van der Waals surface area contributed by atoms with Crippen molar-refractivity contribution in [3.8, 4) is 45.3 Å².